The van der Waals surface area contributed by atoms with Crippen LogP contribution in [-0.4, -0.2) is 68.8 Å². The summed E-state index contributed by atoms with van der Waals surface area (Å²) in [6.07, 6.45) is 3.04. The molecule has 0 aliphatic carbocycles. The van der Waals surface area contributed by atoms with Crippen molar-refractivity contribution in [2.24, 2.45) is 0 Å². The standard InChI is InChI=1S/C18H29N3O2/c1-23-16-6-11-20-12-14-21(15-13-20)18(22)19-10-5-9-17-7-3-2-4-8-17/h2-4,7-8H,5-6,9-16H2,1H3,(H,19,22). The number of benzene rings is 1. The second-order valence-electron chi connectivity index (χ2n) is 6.00. The molecule has 1 aromatic carbocycles. The van der Waals surface area contributed by atoms with E-state index in [1.54, 1.807) is 7.11 Å². The molecule has 128 valence electrons. The van der Waals surface area contributed by atoms with E-state index in [0.717, 1.165) is 65.1 Å². The van der Waals surface area contributed by atoms with Gasteiger partial charge in [-0.2, -0.15) is 0 Å². The van der Waals surface area contributed by atoms with E-state index in [9.17, 15) is 4.79 Å². The normalized spacial score (nSPS) is 15.6. The van der Waals surface area contributed by atoms with Crippen molar-refractivity contribution in [1.29, 1.82) is 0 Å². The Morgan fingerprint density at radius 2 is 1.87 bits per heavy atom. The van der Waals surface area contributed by atoms with E-state index >= 15 is 0 Å². The number of piperazine rings is 1. The maximum Gasteiger partial charge on any atom is 0.317 e. The summed E-state index contributed by atoms with van der Waals surface area (Å²) < 4.78 is 5.08. The molecule has 1 fully saturated rings. The fraction of sp³-hybridized carbons (Fsp3) is 0.611. The van der Waals surface area contributed by atoms with Crippen molar-refractivity contribution in [3.8, 4) is 0 Å². The fourth-order valence-electron chi connectivity index (χ4n) is 2.85. The Bertz CT molecular complexity index is 445. The molecule has 1 aliphatic heterocycles. The Morgan fingerprint density at radius 1 is 1.13 bits per heavy atom. The number of rotatable bonds is 8. The highest BCUT2D eigenvalue weighted by Gasteiger charge is 2.20. The zero-order chi connectivity index (χ0) is 16.3. The summed E-state index contributed by atoms with van der Waals surface area (Å²) in [5, 5.41) is 3.04. The van der Waals surface area contributed by atoms with Crippen LogP contribution in [-0.2, 0) is 11.2 Å². The van der Waals surface area contributed by atoms with Gasteiger partial charge < -0.3 is 15.0 Å². The number of urea groups is 1. The van der Waals surface area contributed by atoms with Crippen molar-refractivity contribution in [2.75, 3.05) is 53.0 Å². The summed E-state index contributed by atoms with van der Waals surface area (Å²) in [6.45, 7) is 6.15. The minimum absolute atomic E-state index is 0.0783. The molecule has 0 spiro atoms. The zero-order valence-corrected chi connectivity index (χ0v) is 14.2. The minimum atomic E-state index is 0.0783. The number of nitrogens with zero attached hydrogens (tertiary/aromatic N) is 2. The smallest absolute Gasteiger partial charge is 0.317 e. The van der Waals surface area contributed by atoms with Gasteiger partial charge in [0.1, 0.15) is 0 Å². The highest BCUT2D eigenvalue weighted by molar-refractivity contribution is 5.74. The van der Waals surface area contributed by atoms with Gasteiger partial charge in [0.15, 0.2) is 0 Å². The highest BCUT2D eigenvalue weighted by atomic mass is 16.5. The molecule has 1 aromatic rings. The molecule has 2 amide bonds. The number of amides is 2. The van der Waals surface area contributed by atoms with Gasteiger partial charge in [-0.05, 0) is 24.8 Å². The predicted octanol–water partition coefficient (Wildman–Crippen LogP) is 1.98. The Kier molecular flexibility index (Phi) is 7.90. The quantitative estimate of drug-likeness (QED) is 0.745. The van der Waals surface area contributed by atoms with Crippen LogP contribution < -0.4 is 5.32 Å². The summed E-state index contributed by atoms with van der Waals surface area (Å²) in [5.74, 6) is 0. The van der Waals surface area contributed by atoms with Gasteiger partial charge >= 0.3 is 6.03 Å². The summed E-state index contributed by atoms with van der Waals surface area (Å²) >= 11 is 0. The van der Waals surface area contributed by atoms with Gasteiger partial charge in [0, 0.05) is 53.0 Å². The van der Waals surface area contributed by atoms with Crippen molar-refractivity contribution in [3.63, 3.8) is 0 Å². The van der Waals surface area contributed by atoms with Gasteiger partial charge in [0.25, 0.3) is 0 Å². The van der Waals surface area contributed by atoms with E-state index in [2.05, 4.69) is 34.5 Å². The summed E-state index contributed by atoms with van der Waals surface area (Å²) in [4.78, 5) is 16.5. The lowest BCUT2D eigenvalue weighted by Crippen LogP contribution is -2.52. The van der Waals surface area contributed by atoms with E-state index in [1.807, 2.05) is 11.0 Å². The molecule has 1 heterocycles. The van der Waals surface area contributed by atoms with Crippen molar-refractivity contribution in [3.05, 3.63) is 35.9 Å². The summed E-state index contributed by atoms with van der Waals surface area (Å²) in [7, 11) is 1.74. The number of hydrogen-bond donors (Lipinski definition) is 1. The summed E-state index contributed by atoms with van der Waals surface area (Å²) in [6, 6.07) is 10.5. The third kappa shape index (κ3) is 6.59. The van der Waals surface area contributed by atoms with Crippen LogP contribution in [0.3, 0.4) is 0 Å². The predicted molar refractivity (Wildman–Crippen MR) is 92.7 cm³/mol. The van der Waals surface area contributed by atoms with Gasteiger partial charge in [0.05, 0.1) is 0 Å². The topological polar surface area (TPSA) is 44.8 Å². The number of carbonyl (C=O) groups is 1. The first-order valence-electron chi connectivity index (χ1n) is 8.57. The van der Waals surface area contributed by atoms with E-state index in [4.69, 9.17) is 4.74 Å². The highest BCUT2D eigenvalue weighted by Crippen LogP contribution is 2.04. The van der Waals surface area contributed by atoms with Crippen LogP contribution in [0.1, 0.15) is 18.4 Å². The number of aryl methyl sites for hydroxylation is 1. The third-order valence-electron chi connectivity index (χ3n) is 4.24. The lowest BCUT2D eigenvalue weighted by molar-refractivity contribution is 0.125. The van der Waals surface area contributed by atoms with Crippen LogP contribution in [0.4, 0.5) is 4.79 Å². The van der Waals surface area contributed by atoms with Crippen LogP contribution in [0.5, 0.6) is 0 Å². The Hall–Kier alpha value is -1.59. The van der Waals surface area contributed by atoms with Gasteiger partial charge in [-0.25, -0.2) is 4.79 Å². The van der Waals surface area contributed by atoms with Gasteiger partial charge in [-0.3, -0.25) is 4.90 Å². The van der Waals surface area contributed by atoms with Crippen LogP contribution in [0.15, 0.2) is 30.3 Å². The molecule has 5 nitrogen and oxygen atoms in total. The Labute approximate surface area is 139 Å². The second kappa shape index (κ2) is 10.2. The fourth-order valence-corrected chi connectivity index (χ4v) is 2.85. The number of hydrogen-bond acceptors (Lipinski definition) is 3. The van der Waals surface area contributed by atoms with Crippen LogP contribution in [0.25, 0.3) is 0 Å². The molecule has 2 rings (SSSR count). The van der Waals surface area contributed by atoms with Crippen molar-refractivity contribution >= 4 is 6.03 Å². The first-order chi connectivity index (χ1) is 11.3. The molecule has 1 aliphatic rings. The Morgan fingerprint density at radius 3 is 2.57 bits per heavy atom. The maximum atomic E-state index is 12.2. The first-order valence-corrected chi connectivity index (χ1v) is 8.57. The van der Waals surface area contributed by atoms with E-state index < -0.39 is 0 Å². The van der Waals surface area contributed by atoms with Crippen LogP contribution >= 0.6 is 0 Å². The number of methoxy groups -OCH3 is 1. The van der Waals surface area contributed by atoms with Gasteiger partial charge in [-0.15, -0.1) is 0 Å². The van der Waals surface area contributed by atoms with Gasteiger partial charge in [-0.1, -0.05) is 30.3 Å². The average Bonchev–Trinajstić information content (AvgIpc) is 2.60. The molecule has 0 atom stereocenters. The average molecular weight is 319 g/mol. The molecule has 23 heavy (non-hydrogen) atoms. The molecule has 0 unspecified atom stereocenters. The van der Waals surface area contributed by atoms with Crippen molar-refractivity contribution in [1.82, 2.24) is 15.1 Å². The molecule has 0 bridgehead atoms. The molecule has 1 N–H and O–H groups in total. The number of carbonyl (C=O) groups excluding carboxylic acids is 1. The summed E-state index contributed by atoms with van der Waals surface area (Å²) in [5.41, 5.74) is 1.33. The number of ether oxygens (including phenoxy) is 1. The van der Waals surface area contributed by atoms with Crippen LogP contribution in [0.2, 0.25) is 0 Å². The van der Waals surface area contributed by atoms with Crippen LogP contribution in [0, 0.1) is 0 Å². The molecule has 0 aromatic heterocycles. The largest absolute Gasteiger partial charge is 0.385 e. The second-order valence-corrected chi connectivity index (χ2v) is 6.00. The monoisotopic (exact) mass is 319 g/mol. The van der Waals surface area contributed by atoms with Gasteiger partial charge in [0.2, 0.25) is 0 Å². The molecular formula is C18H29N3O2. The third-order valence-corrected chi connectivity index (χ3v) is 4.24. The molecular weight excluding hydrogens is 290 g/mol. The number of nitrogens with one attached hydrogen (secondary N) is 1. The minimum Gasteiger partial charge on any atom is -0.385 e. The molecule has 1 saturated heterocycles. The zero-order valence-electron chi connectivity index (χ0n) is 14.2. The van der Waals surface area contributed by atoms with E-state index in [0.29, 0.717) is 0 Å². The lowest BCUT2D eigenvalue weighted by Gasteiger charge is -2.34. The SMILES string of the molecule is COCCCN1CCN(C(=O)NCCCc2ccccc2)CC1. The molecule has 0 radical (unpaired) electrons. The van der Waals surface area contributed by atoms with Crippen molar-refractivity contribution < 1.29 is 9.53 Å². The van der Waals surface area contributed by atoms with E-state index in [1.165, 1.54) is 5.56 Å². The maximum absolute atomic E-state index is 12.2. The van der Waals surface area contributed by atoms with E-state index in [-0.39, 0.29) is 6.03 Å². The molecule has 5 heteroatoms. The Balaban J connectivity index is 1.56. The lowest BCUT2D eigenvalue weighted by atomic mass is 10.1. The van der Waals surface area contributed by atoms with Crippen molar-refractivity contribution in [2.45, 2.75) is 19.3 Å². The molecule has 0 saturated carbocycles. The first kappa shape index (κ1) is 17.8.